The maximum Gasteiger partial charge on any atom is 0.128 e. The van der Waals surface area contributed by atoms with Crippen LogP contribution in [0.2, 0.25) is 0 Å². The van der Waals surface area contributed by atoms with E-state index < -0.39 is 0 Å². The summed E-state index contributed by atoms with van der Waals surface area (Å²) in [5.41, 5.74) is 1.02. The number of pyridine rings is 1. The number of halogens is 1. The average molecular weight is 302 g/mol. The number of hydrogen-bond acceptors (Lipinski definition) is 4. The molecule has 96 valence electrons. The van der Waals surface area contributed by atoms with E-state index >= 15 is 0 Å². The van der Waals surface area contributed by atoms with Crippen LogP contribution in [0.3, 0.4) is 0 Å². The highest BCUT2D eigenvalue weighted by Crippen LogP contribution is 2.17. The van der Waals surface area contributed by atoms with Crippen LogP contribution >= 0.6 is 15.9 Å². The summed E-state index contributed by atoms with van der Waals surface area (Å²) in [5, 5.41) is 3.31. The minimum absolute atomic E-state index is 0.749. The van der Waals surface area contributed by atoms with E-state index in [1.165, 1.54) is 0 Å². The number of ether oxygens (including phenoxy) is 1. The average Bonchev–Trinajstić information content (AvgIpc) is 2.32. The van der Waals surface area contributed by atoms with E-state index in [0.717, 1.165) is 42.2 Å². The molecule has 0 aromatic carbocycles. The van der Waals surface area contributed by atoms with Gasteiger partial charge in [0.2, 0.25) is 0 Å². The lowest BCUT2D eigenvalue weighted by Gasteiger charge is -2.19. The smallest absolute Gasteiger partial charge is 0.128 e. The second-order valence-corrected chi connectivity index (χ2v) is 4.76. The predicted octanol–water partition coefficient (Wildman–Crippen LogP) is 1.82. The molecule has 0 atom stereocenters. The number of aryl methyl sites for hydroxylation is 1. The number of nitrogens with zero attached hydrogens (tertiary/aromatic N) is 2. The highest BCUT2D eigenvalue weighted by atomic mass is 79.9. The molecule has 1 aromatic rings. The third-order valence-electron chi connectivity index (χ3n) is 2.50. The van der Waals surface area contributed by atoms with Gasteiger partial charge in [0.1, 0.15) is 5.82 Å². The van der Waals surface area contributed by atoms with Gasteiger partial charge in [0, 0.05) is 38.3 Å². The highest BCUT2D eigenvalue weighted by molar-refractivity contribution is 9.10. The van der Waals surface area contributed by atoms with Crippen molar-refractivity contribution >= 4 is 21.7 Å². The molecule has 1 rings (SSSR count). The summed E-state index contributed by atoms with van der Waals surface area (Å²) in [6.45, 7) is 5.49. The summed E-state index contributed by atoms with van der Waals surface area (Å²) in [6, 6.07) is 4.05. The van der Waals surface area contributed by atoms with Crippen molar-refractivity contribution < 1.29 is 4.74 Å². The maximum absolute atomic E-state index is 4.97. The van der Waals surface area contributed by atoms with Crippen molar-refractivity contribution in [2.24, 2.45) is 0 Å². The summed E-state index contributed by atoms with van der Waals surface area (Å²) in [6.07, 6.45) is 0. The van der Waals surface area contributed by atoms with Crippen molar-refractivity contribution in [2.75, 3.05) is 45.3 Å². The van der Waals surface area contributed by atoms with E-state index in [9.17, 15) is 0 Å². The first-order valence-corrected chi connectivity index (χ1v) is 6.48. The second-order valence-electron chi connectivity index (χ2n) is 3.90. The molecule has 0 spiro atoms. The van der Waals surface area contributed by atoms with Crippen molar-refractivity contribution in [3.05, 3.63) is 22.3 Å². The topological polar surface area (TPSA) is 37.4 Å². The third-order valence-corrected chi connectivity index (χ3v) is 3.34. The molecule has 1 heterocycles. The molecule has 0 unspecified atom stereocenters. The summed E-state index contributed by atoms with van der Waals surface area (Å²) in [7, 11) is 3.76. The molecule has 17 heavy (non-hydrogen) atoms. The lowest BCUT2D eigenvalue weighted by Crippen LogP contribution is -2.31. The van der Waals surface area contributed by atoms with E-state index in [4.69, 9.17) is 4.74 Å². The Balaban J connectivity index is 2.36. The van der Waals surface area contributed by atoms with Gasteiger partial charge in [-0.25, -0.2) is 4.98 Å². The molecule has 5 heteroatoms. The Labute approximate surface area is 111 Å². The minimum atomic E-state index is 0.749. The number of rotatable bonds is 7. The van der Waals surface area contributed by atoms with Crippen LogP contribution in [0.15, 0.2) is 16.6 Å². The molecule has 4 nitrogen and oxygen atoms in total. The zero-order valence-corrected chi connectivity index (χ0v) is 12.2. The summed E-state index contributed by atoms with van der Waals surface area (Å²) < 4.78 is 6.02. The van der Waals surface area contributed by atoms with E-state index in [0.29, 0.717) is 0 Å². The highest BCUT2D eigenvalue weighted by Gasteiger charge is 2.03. The Bertz CT molecular complexity index is 347. The Morgan fingerprint density at radius 1 is 1.41 bits per heavy atom. The van der Waals surface area contributed by atoms with Gasteiger partial charge in [-0.1, -0.05) is 0 Å². The predicted molar refractivity (Wildman–Crippen MR) is 74.7 cm³/mol. The van der Waals surface area contributed by atoms with Gasteiger partial charge in [0.15, 0.2) is 0 Å². The van der Waals surface area contributed by atoms with Crippen molar-refractivity contribution in [1.82, 2.24) is 10.3 Å². The number of aromatic nitrogens is 1. The monoisotopic (exact) mass is 301 g/mol. The van der Waals surface area contributed by atoms with Gasteiger partial charge >= 0.3 is 0 Å². The second kappa shape index (κ2) is 7.63. The van der Waals surface area contributed by atoms with E-state index in [1.807, 2.05) is 26.1 Å². The quantitative estimate of drug-likeness (QED) is 0.780. The Morgan fingerprint density at radius 3 is 2.82 bits per heavy atom. The number of likely N-dealkylation sites (N-methyl/N-ethyl adjacent to an activating group) is 1. The van der Waals surface area contributed by atoms with Crippen LogP contribution in [0.1, 0.15) is 5.69 Å². The first-order chi connectivity index (χ1) is 8.15. The van der Waals surface area contributed by atoms with Gasteiger partial charge in [-0.3, -0.25) is 0 Å². The Kier molecular flexibility index (Phi) is 6.47. The molecule has 1 N–H and O–H groups in total. The normalized spacial score (nSPS) is 10.6. The molecular formula is C12H20BrN3O. The number of anilines is 1. The fourth-order valence-electron chi connectivity index (χ4n) is 1.40. The van der Waals surface area contributed by atoms with E-state index in [-0.39, 0.29) is 0 Å². The number of hydrogen-bond donors (Lipinski definition) is 1. The van der Waals surface area contributed by atoms with Gasteiger partial charge in [-0.15, -0.1) is 0 Å². The number of nitrogens with one attached hydrogen (secondary N) is 1. The molecule has 0 fully saturated rings. The first-order valence-electron chi connectivity index (χ1n) is 5.69. The van der Waals surface area contributed by atoms with Crippen LogP contribution in [-0.4, -0.2) is 45.4 Å². The van der Waals surface area contributed by atoms with Gasteiger partial charge in [0.25, 0.3) is 0 Å². The fourth-order valence-corrected chi connectivity index (χ4v) is 1.62. The van der Waals surface area contributed by atoms with Crippen molar-refractivity contribution in [1.29, 1.82) is 0 Å². The van der Waals surface area contributed by atoms with Crippen LogP contribution in [0, 0.1) is 6.92 Å². The first kappa shape index (κ1) is 14.4. The number of methoxy groups -OCH3 is 1. The largest absolute Gasteiger partial charge is 0.383 e. The molecule has 0 saturated carbocycles. The van der Waals surface area contributed by atoms with Gasteiger partial charge in [0.05, 0.1) is 12.3 Å². The Hall–Kier alpha value is -0.650. The van der Waals surface area contributed by atoms with Crippen molar-refractivity contribution in [2.45, 2.75) is 6.92 Å². The van der Waals surface area contributed by atoms with Gasteiger partial charge < -0.3 is 15.0 Å². The van der Waals surface area contributed by atoms with Crippen LogP contribution in [0.25, 0.3) is 0 Å². The van der Waals surface area contributed by atoms with Crippen molar-refractivity contribution in [3.63, 3.8) is 0 Å². The third kappa shape index (κ3) is 5.02. The lowest BCUT2D eigenvalue weighted by atomic mass is 10.3. The molecular weight excluding hydrogens is 282 g/mol. The van der Waals surface area contributed by atoms with Crippen LogP contribution in [0.4, 0.5) is 5.82 Å². The maximum atomic E-state index is 4.97. The lowest BCUT2D eigenvalue weighted by molar-refractivity contribution is 0.200. The van der Waals surface area contributed by atoms with Crippen molar-refractivity contribution in [3.8, 4) is 0 Å². The van der Waals surface area contributed by atoms with Crippen LogP contribution in [0.5, 0.6) is 0 Å². The van der Waals surface area contributed by atoms with Crippen LogP contribution < -0.4 is 10.2 Å². The van der Waals surface area contributed by atoms with E-state index in [2.05, 4.69) is 31.1 Å². The molecule has 0 aliphatic heterocycles. The van der Waals surface area contributed by atoms with E-state index in [1.54, 1.807) is 7.11 Å². The SMILES string of the molecule is COCCNCCN(C)c1ccc(Br)c(C)n1. The molecule has 0 radical (unpaired) electrons. The molecule has 0 aliphatic rings. The minimum Gasteiger partial charge on any atom is -0.383 e. The van der Waals surface area contributed by atoms with Gasteiger partial charge in [-0.2, -0.15) is 0 Å². The fraction of sp³-hybridized carbons (Fsp3) is 0.583. The van der Waals surface area contributed by atoms with Crippen LogP contribution in [-0.2, 0) is 4.74 Å². The zero-order valence-electron chi connectivity index (χ0n) is 10.7. The molecule has 0 amide bonds. The summed E-state index contributed by atoms with van der Waals surface area (Å²) in [4.78, 5) is 6.65. The van der Waals surface area contributed by atoms with Gasteiger partial charge in [-0.05, 0) is 35.0 Å². The molecule has 0 saturated heterocycles. The molecule has 0 aliphatic carbocycles. The molecule has 1 aromatic heterocycles. The Morgan fingerprint density at radius 2 is 2.18 bits per heavy atom. The summed E-state index contributed by atoms with van der Waals surface area (Å²) in [5.74, 6) is 0.999. The zero-order chi connectivity index (χ0) is 12.7. The summed E-state index contributed by atoms with van der Waals surface area (Å²) >= 11 is 3.45. The standard InChI is InChI=1S/C12H20BrN3O/c1-10-11(13)4-5-12(15-10)16(2)8-6-14-7-9-17-3/h4-5,14H,6-9H2,1-3H3. The molecule has 0 bridgehead atoms.